The molecule has 0 aliphatic heterocycles. The molecule has 0 saturated heterocycles. The lowest BCUT2D eigenvalue weighted by Gasteiger charge is -2.01. The molecule has 0 radical (unpaired) electrons. The highest BCUT2D eigenvalue weighted by atomic mass is 35.5. The lowest BCUT2D eigenvalue weighted by Crippen LogP contribution is -2.06. The van der Waals surface area contributed by atoms with Gasteiger partial charge in [0.15, 0.2) is 0 Å². The SMILES string of the molecule is COC(=O)Cc1cc(C)cc(Cl)n1. The summed E-state index contributed by atoms with van der Waals surface area (Å²) in [6.45, 7) is 1.90. The molecule has 0 saturated carbocycles. The first-order valence-electron chi connectivity index (χ1n) is 3.81. The summed E-state index contributed by atoms with van der Waals surface area (Å²) in [7, 11) is 1.35. The Bertz CT molecular complexity index is 305. The van der Waals surface area contributed by atoms with Gasteiger partial charge in [0.25, 0.3) is 0 Å². The normalized spacial score (nSPS) is 9.77. The van der Waals surface area contributed by atoms with Crippen molar-refractivity contribution in [3.8, 4) is 0 Å². The molecule has 1 rings (SSSR count). The standard InChI is InChI=1S/C9H10ClNO2/c1-6-3-7(5-9(12)13-2)11-8(10)4-6/h3-4H,5H2,1-2H3. The van der Waals surface area contributed by atoms with Gasteiger partial charge in [-0.3, -0.25) is 4.79 Å². The molecule has 1 aromatic heterocycles. The predicted octanol–water partition coefficient (Wildman–Crippen LogP) is 1.76. The molecular weight excluding hydrogens is 190 g/mol. The van der Waals surface area contributed by atoms with Crippen LogP contribution in [0.25, 0.3) is 0 Å². The summed E-state index contributed by atoms with van der Waals surface area (Å²) in [6.07, 6.45) is 0.165. The van der Waals surface area contributed by atoms with Crippen LogP contribution in [-0.2, 0) is 16.0 Å². The summed E-state index contributed by atoms with van der Waals surface area (Å²) in [4.78, 5) is 14.9. The Balaban J connectivity index is 2.83. The third-order valence-electron chi connectivity index (χ3n) is 1.54. The Morgan fingerprint density at radius 3 is 2.85 bits per heavy atom. The number of pyridine rings is 1. The average molecular weight is 200 g/mol. The Hall–Kier alpha value is -1.09. The van der Waals surface area contributed by atoms with Crippen molar-refractivity contribution in [1.82, 2.24) is 4.98 Å². The van der Waals surface area contributed by atoms with Gasteiger partial charge in [0.2, 0.25) is 0 Å². The first-order chi connectivity index (χ1) is 6.11. The predicted molar refractivity (Wildman–Crippen MR) is 49.7 cm³/mol. The zero-order valence-electron chi connectivity index (χ0n) is 7.50. The van der Waals surface area contributed by atoms with Crippen LogP contribution in [0, 0.1) is 6.92 Å². The molecule has 70 valence electrons. The fourth-order valence-corrected chi connectivity index (χ4v) is 1.29. The highest BCUT2D eigenvalue weighted by molar-refractivity contribution is 6.29. The van der Waals surface area contributed by atoms with Crippen molar-refractivity contribution in [3.05, 3.63) is 28.5 Å². The topological polar surface area (TPSA) is 39.2 Å². The second-order valence-electron chi connectivity index (χ2n) is 2.71. The minimum Gasteiger partial charge on any atom is -0.469 e. The van der Waals surface area contributed by atoms with E-state index >= 15 is 0 Å². The number of halogens is 1. The molecule has 1 aromatic rings. The largest absolute Gasteiger partial charge is 0.469 e. The molecule has 3 nitrogen and oxygen atoms in total. The van der Waals surface area contributed by atoms with Crippen LogP contribution in [0.4, 0.5) is 0 Å². The van der Waals surface area contributed by atoms with Crippen LogP contribution >= 0.6 is 11.6 Å². The van der Waals surface area contributed by atoms with Crippen LogP contribution in [0.1, 0.15) is 11.3 Å². The van der Waals surface area contributed by atoms with Crippen molar-refractivity contribution in [2.24, 2.45) is 0 Å². The van der Waals surface area contributed by atoms with Crippen molar-refractivity contribution < 1.29 is 9.53 Å². The number of carbonyl (C=O) groups excluding carboxylic acids is 1. The summed E-state index contributed by atoms with van der Waals surface area (Å²) in [5.74, 6) is -0.311. The van der Waals surface area contributed by atoms with E-state index in [1.165, 1.54) is 7.11 Å². The lowest BCUT2D eigenvalue weighted by molar-refractivity contribution is -0.139. The van der Waals surface area contributed by atoms with E-state index < -0.39 is 0 Å². The zero-order valence-corrected chi connectivity index (χ0v) is 8.26. The first-order valence-corrected chi connectivity index (χ1v) is 4.19. The van der Waals surface area contributed by atoms with E-state index in [1.54, 1.807) is 6.07 Å². The lowest BCUT2D eigenvalue weighted by atomic mass is 10.2. The Morgan fingerprint density at radius 1 is 1.62 bits per heavy atom. The van der Waals surface area contributed by atoms with Gasteiger partial charge in [-0.1, -0.05) is 11.6 Å². The van der Waals surface area contributed by atoms with Gasteiger partial charge in [-0.15, -0.1) is 0 Å². The minimum atomic E-state index is -0.311. The maximum atomic E-state index is 10.9. The molecular formula is C9H10ClNO2. The van der Waals surface area contributed by atoms with Crippen molar-refractivity contribution in [2.45, 2.75) is 13.3 Å². The third kappa shape index (κ3) is 3.03. The van der Waals surface area contributed by atoms with E-state index in [4.69, 9.17) is 11.6 Å². The summed E-state index contributed by atoms with van der Waals surface area (Å²) in [5.41, 5.74) is 1.62. The highest BCUT2D eigenvalue weighted by Crippen LogP contribution is 2.10. The second kappa shape index (κ2) is 4.23. The smallest absolute Gasteiger partial charge is 0.311 e. The number of carbonyl (C=O) groups is 1. The Kier molecular flexibility index (Phi) is 3.25. The van der Waals surface area contributed by atoms with Gasteiger partial charge in [-0.2, -0.15) is 0 Å². The van der Waals surface area contributed by atoms with E-state index in [0.717, 1.165) is 5.56 Å². The summed E-state index contributed by atoms with van der Waals surface area (Å²) < 4.78 is 4.51. The molecule has 1 heterocycles. The molecule has 0 unspecified atom stereocenters. The van der Waals surface area contributed by atoms with Gasteiger partial charge in [0.1, 0.15) is 5.15 Å². The number of hydrogen-bond acceptors (Lipinski definition) is 3. The first kappa shape index (κ1) is 9.99. The van der Waals surface area contributed by atoms with E-state index in [0.29, 0.717) is 10.8 Å². The molecule has 0 spiro atoms. The van der Waals surface area contributed by atoms with E-state index in [2.05, 4.69) is 9.72 Å². The maximum Gasteiger partial charge on any atom is 0.311 e. The molecule has 0 N–H and O–H groups in total. The zero-order chi connectivity index (χ0) is 9.84. The van der Waals surface area contributed by atoms with Crippen LogP contribution < -0.4 is 0 Å². The minimum absolute atomic E-state index is 0.165. The average Bonchev–Trinajstić information content (AvgIpc) is 2.02. The van der Waals surface area contributed by atoms with Gasteiger partial charge >= 0.3 is 5.97 Å². The van der Waals surface area contributed by atoms with Gasteiger partial charge in [0, 0.05) is 0 Å². The van der Waals surface area contributed by atoms with E-state index in [1.807, 2.05) is 13.0 Å². The molecule has 0 fully saturated rings. The third-order valence-corrected chi connectivity index (χ3v) is 1.74. The van der Waals surface area contributed by atoms with E-state index in [-0.39, 0.29) is 12.4 Å². The number of aromatic nitrogens is 1. The van der Waals surface area contributed by atoms with Gasteiger partial charge in [-0.05, 0) is 24.6 Å². The van der Waals surface area contributed by atoms with Crippen LogP contribution in [0.5, 0.6) is 0 Å². The number of hydrogen-bond donors (Lipinski definition) is 0. The van der Waals surface area contributed by atoms with Crippen LogP contribution in [0.3, 0.4) is 0 Å². The Morgan fingerprint density at radius 2 is 2.31 bits per heavy atom. The molecule has 0 aliphatic rings. The number of nitrogens with zero attached hydrogens (tertiary/aromatic N) is 1. The van der Waals surface area contributed by atoms with E-state index in [9.17, 15) is 4.79 Å². The summed E-state index contributed by atoms with van der Waals surface area (Å²) >= 11 is 5.71. The van der Waals surface area contributed by atoms with Crippen LogP contribution in [0.2, 0.25) is 5.15 Å². The van der Waals surface area contributed by atoms with Crippen molar-refractivity contribution in [2.75, 3.05) is 7.11 Å². The highest BCUT2D eigenvalue weighted by Gasteiger charge is 2.05. The fraction of sp³-hybridized carbons (Fsp3) is 0.333. The number of esters is 1. The fourth-order valence-electron chi connectivity index (χ4n) is 1.00. The van der Waals surface area contributed by atoms with Crippen LogP contribution in [0.15, 0.2) is 12.1 Å². The second-order valence-corrected chi connectivity index (χ2v) is 3.10. The quantitative estimate of drug-likeness (QED) is 0.538. The molecule has 0 aromatic carbocycles. The molecule has 0 atom stereocenters. The summed E-state index contributed by atoms with van der Waals surface area (Å²) in [6, 6.07) is 3.55. The maximum absolute atomic E-state index is 10.9. The van der Waals surface area contributed by atoms with Crippen molar-refractivity contribution in [3.63, 3.8) is 0 Å². The van der Waals surface area contributed by atoms with Crippen LogP contribution in [-0.4, -0.2) is 18.1 Å². The van der Waals surface area contributed by atoms with Crippen molar-refractivity contribution in [1.29, 1.82) is 0 Å². The number of aryl methyl sites for hydroxylation is 1. The number of rotatable bonds is 2. The molecule has 0 amide bonds. The van der Waals surface area contributed by atoms with Crippen molar-refractivity contribution >= 4 is 17.6 Å². The van der Waals surface area contributed by atoms with Gasteiger partial charge in [-0.25, -0.2) is 4.98 Å². The Labute approximate surface area is 81.7 Å². The summed E-state index contributed by atoms with van der Waals surface area (Å²) in [5, 5.41) is 0.402. The monoisotopic (exact) mass is 199 g/mol. The molecule has 4 heteroatoms. The van der Waals surface area contributed by atoms with Gasteiger partial charge < -0.3 is 4.74 Å². The van der Waals surface area contributed by atoms with Gasteiger partial charge in [0.05, 0.1) is 19.2 Å². The number of ether oxygens (including phenoxy) is 1. The molecule has 0 aliphatic carbocycles. The number of methoxy groups -OCH3 is 1. The molecule has 0 bridgehead atoms. The molecule has 13 heavy (non-hydrogen) atoms.